The number of hydrogen-bond donors (Lipinski definition) is 1. The molecule has 0 aliphatic heterocycles. The van der Waals surface area contributed by atoms with Crippen molar-refractivity contribution in [2.24, 2.45) is 0 Å². The summed E-state index contributed by atoms with van der Waals surface area (Å²) >= 11 is 0. The smallest absolute Gasteiger partial charge is 0.243 e. The van der Waals surface area contributed by atoms with Crippen molar-refractivity contribution in [2.45, 2.75) is 19.8 Å². The van der Waals surface area contributed by atoms with Crippen LogP contribution >= 0.6 is 0 Å². The first-order valence-electron chi connectivity index (χ1n) is 7.89. The molecule has 0 bridgehead atoms. The molecule has 4 nitrogen and oxygen atoms in total. The maximum atomic E-state index is 13.1. The molecule has 24 heavy (non-hydrogen) atoms. The summed E-state index contributed by atoms with van der Waals surface area (Å²) in [6.07, 6.45) is 1.62. The van der Waals surface area contributed by atoms with E-state index in [9.17, 15) is 14.0 Å². The molecule has 0 heterocycles. The first-order valence-corrected chi connectivity index (χ1v) is 7.89. The molecule has 0 aliphatic rings. The number of nitrogens with zero attached hydrogens (tertiary/aromatic N) is 1. The van der Waals surface area contributed by atoms with E-state index in [1.54, 1.807) is 6.07 Å². The Morgan fingerprint density at radius 1 is 1.08 bits per heavy atom. The Bertz CT molecular complexity index is 689. The summed E-state index contributed by atoms with van der Waals surface area (Å²) in [6, 6.07) is 15.7. The van der Waals surface area contributed by atoms with E-state index in [1.807, 2.05) is 30.3 Å². The van der Waals surface area contributed by atoms with Gasteiger partial charge in [-0.25, -0.2) is 4.39 Å². The van der Waals surface area contributed by atoms with Gasteiger partial charge in [-0.3, -0.25) is 9.59 Å². The summed E-state index contributed by atoms with van der Waals surface area (Å²) < 4.78 is 13.1. The van der Waals surface area contributed by atoms with E-state index in [0.717, 1.165) is 12.8 Å². The second-order valence-corrected chi connectivity index (χ2v) is 5.59. The number of hydrogen-bond acceptors (Lipinski definition) is 2. The number of benzene rings is 2. The van der Waals surface area contributed by atoms with Crippen molar-refractivity contribution in [2.75, 3.05) is 18.4 Å². The summed E-state index contributed by atoms with van der Waals surface area (Å²) in [7, 11) is 0. The lowest BCUT2D eigenvalue weighted by Gasteiger charge is -2.20. The second-order valence-electron chi connectivity index (χ2n) is 5.59. The number of carbonyl (C=O) groups is 2. The van der Waals surface area contributed by atoms with Crippen molar-refractivity contribution in [3.63, 3.8) is 0 Å². The van der Waals surface area contributed by atoms with E-state index < -0.39 is 5.82 Å². The van der Waals surface area contributed by atoms with Crippen molar-refractivity contribution in [1.82, 2.24) is 4.90 Å². The van der Waals surface area contributed by atoms with Gasteiger partial charge >= 0.3 is 0 Å². The third-order valence-corrected chi connectivity index (χ3v) is 3.62. The van der Waals surface area contributed by atoms with Crippen LogP contribution < -0.4 is 5.32 Å². The highest BCUT2D eigenvalue weighted by Gasteiger charge is 2.13. The zero-order chi connectivity index (χ0) is 17.4. The Morgan fingerprint density at radius 3 is 2.50 bits per heavy atom. The summed E-state index contributed by atoms with van der Waals surface area (Å²) in [4.78, 5) is 25.3. The minimum Gasteiger partial charge on any atom is -0.334 e. The molecular formula is C19H21FN2O2. The van der Waals surface area contributed by atoms with Crippen LogP contribution in [0.1, 0.15) is 18.9 Å². The Morgan fingerprint density at radius 2 is 1.83 bits per heavy atom. The quantitative estimate of drug-likeness (QED) is 0.848. The van der Waals surface area contributed by atoms with Crippen LogP contribution in [0.15, 0.2) is 54.6 Å². The molecule has 0 spiro atoms. The number of nitrogens with one attached hydrogen (secondary N) is 1. The molecule has 0 atom stereocenters. The molecule has 2 amide bonds. The van der Waals surface area contributed by atoms with Gasteiger partial charge in [-0.1, -0.05) is 36.4 Å². The van der Waals surface area contributed by atoms with Crippen LogP contribution in [-0.4, -0.2) is 29.8 Å². The fourth-order valence-electron chi connectivity index (χ4n) is 2.41. The molecule has 0 aromatic heterocycles. The number of aryl methyl sites for hydroxylation is 1. The van der Waals surface area contributed by atoms with Crippen LogP contribution in [0.2, 0.25) is 0 Å². The Hall–Kier alpha value is -2.69. The summed E-state index contributed by atoms with van der Waals surface area (Å²) in [5.74, 6) is -0.910. The number of carbonyl (C=O) groups excluding carboxylic acids is 2. The van der Waals surface area contributed by atoms with Gasteiger partial charge in [0.05, 0.1) is 6.54 Å². The predicted octanol–water partition coefficient (Wildman–Crippen LogP) is 3.25. The highest BCUT2D eigenvalue weighted by Crippen LogP contribution is 2.09. The lowest BCUT2D eigenvalue weighted by Crippen LogP contribution is -2.37. The zero-order valence-electron chi connectivity index (χ0n) is 13.7. The molecule has 0 saturated carbocycles. The van der Waals surface area contributed by atoms with Gasteiger partial charge in [0.2, 0.25) is 11.8 Å². The van der Waals surface area contributed by atoms with Gasteiger partial charge in [-0.15, -0.1) is 0 Å². The topological polar surface area (TPSA) is 49.4 Å². The molecule has 1 N–H and O–H groups in total. The summed E-state index contributed by atoms with van der Waals surface area (Å²) in [5, 5.41) is 2.60. The molecule has 0 fully saturated rings. The van der Waals surface area contributed by atoms with Crippen molar-refractivity contribution in [3.8, 4) is 0 Å². The van der Waals surface area contributed by atoms with Gasteiger partial charge < -0.3 is 10.2 Å². The number of rotatable bonds is 7. The first-order chi connectivity index (χ1) is 11.5. The van der Waals surface area contributed by atoms with E-state index >= 15 is 0 Å². The van der Waals surface area contributed by atoms with Crippen molar-refractivity contribution < 1.29 is 14.0 Å². The fraction of sp³-hybridized carbons (Fsp3) is 0.263. The molecule has 5 heteroatoms. The number of halogens is 1. The monoisotopic (exact) mass is 328 g/mol. The molecule has 0 saturated heterocycles. The van der Waals surface area contributed by atoms with Crippen LogP contribution in [-0.2, 0) is 16.0 Å². The van der Waals surface area contributed by atoms with Crippen molar-refractivity contribution in [3.05, 3.63) is 66.0 Å². The van der Waals surface area contributed by atoms with Gasteiger partial charge in [0, 0.05) is 19.2 Å². The molecule has 2 rings (SSSR count). The third-order valence-electron chi connectivity index (χ3n) is 3.62. The molecule has 0 aliphatic carbocycles. The van der Waals surface area contributed by atoms with E-state index in [1.165, 1.54) is 35.6 Å². The van der Waals surface area contributed by atoms with Crippen LogP contribution in [0.25, 0.3) is 0 Å². The first kappa shape index (κ1) is 17.7. The third kappa shape index (κ3) is 5.83. The average Bonchev–Trinajstić information content (AvgIpc) is 2.54. The highest BCUT2D eigenvalue weighted by molar-refractivity contribution is 5.94. The molecule has 2 aromatic rings. The standard InChI is InChI=1S/C19H21FN2O2/c1-15(23)22(12-6-9-16-7-3-2-4-8-16)14-19(24)21-18-11-5-10-17(20)13-18/h2-5,7-8,10-11,13H,6,9,12,14H2,1H3,(H,21,24). The van der Waals surface area contributed by atoms with Crippen molar-refractivity contribution >= 4 is 17.5 Å². The van der Waals surface area contributed by atoms with E-state index in [-0.39, 0.29) is 18.4 Å². The lowest BCUT2D eigenvalue weighted by molar-refractivity contribution is -0.132. The summed E-state index contributed by atoms with van der Waals surface area (Å²) in [6.45, 7) is 1.90. The molecule has 126 valence electrons. The molecule has 2 aromatic carbocycles. The molecular weight excluding hydrogens is 307 g/mol. The normalized spacial score (nSPS) is 10.2. The van der Waals surface area contributed by atoms with E-state index in [4.69, 9.17) is 0 Å². The maximum Gasteiger partial charge on any atom is 0.243 e. The average molecular weight is 328 g/mol. The number of anilines is 1. The van der Waals surface area contributed by atoms with Crippen LogP contribution in [0, 0.1) is 5.82 Å². The van der Waals surface area contributed by atoms with Gasteiger partial charge in [0.25, 0.3) is 0 Å². The minimum atomic E-state index is -0.418. The largest absolute Gasteiger partial charge is 0.334 e. The van der Waals surface area contributed by atoms with E-state index in [0.29, 0.717) is 12.2 Å². The minimum absolute atomic E-state index is 0.0410. The lowest BCUT2D eigenvalue weighted by atomic mass is 10.1. The van der Waals surface area contributed by atoms with Gasteiger partial charge in [0.1, 0.15) is 5.82 Å². The van der Waals surface area contributed by atoms with Crippen LogP contribution in [0.4, 0.5) is 10.1 Å². The number of amides is 2. The molecule has 0 radical (unpaired) electrons. The zero-order valence-corrected chi connectivity index (χ0v) is 13.7. The highest BCUT2D eigenvalue weighted by atomic mass is 19.1. The van der Waals surface area contributed by atoms with Gasteiger partial charge in [0.15, 0.2) is 0 Å². The fourth-order valence-corrected chi connectivity index (χ4v) is 2.41. The summed E-state index contributed by atoms with van der Waals surface area (Å²) in [5.41, 5.74) is 1.58. The second kappa shape index (κ2) is 8.82. The van der Waals surface area contributed by atoms with E-state index in [2.05, 4.69) is 5.32 Å². The van der Waals surface area contributed by atoms with Crippen molar-refractivity contribution in [1.29, 1.82) is 0 Å². The van der Waals surface area contributed by atoms with Gasteiger partial charge in [-0.05, 0) is 36.6 Å². The van der Waals surface area contributed by atoms with Gasteiger partial charge in [-0.2, -0.15) is 0 Å². The molecule has 0 unspecified atom stereocenters. The van der Waals surface area contributed by atoms with Crippen LogP contribution in [0.3, 0.4) is 0 Å². The Kier molecular flexibility index (Phi) is 6.49. The Balaban J connectivity index is 1.84. The predicted molar refractivity (Wildman–Crippen MR) is 92.0 cm³/mol. The van der Waals surface area contributed by atoms with Crippen LogP contribution in [0.5, 0.6) is 0 Å². The maximum absolute atomic E-state index is 13.1. The Labute approximate surface area is 141 Å². The SMILES string of the molecule is CC(=O)N(CCCc1ccccc1)CC(=O)Nc1cccc(F)c1.